The number of aryl methyl sites for hydroxylation is 2. The summed E-state index contributed by atoms with van der Waals surface area (Å²) in [5.74, 6) is 0. The quantitative estimate of drug-likeness (QED) is 0.588. The van der Waals surface area contributed by atoms with Gasteiger partial charge in [-0.05, 0) is 38.2 Å². The zero-order chi connectivity index (χ0) is 10.2. The number of rotatable bonds is 6. The second kappa shape index (κ2) is 6.42. The van der Waals surface area contributed by atoms with Crippen molar-refractivity contribution in [3.8, 4) is 0 Å². The molecule has 0 amide bonds. The molecule has 14 heavy (non-hydrogen) atoms. The Bertz CT molecular complexity index is 256. The Hall–Kier alpha value is -1.04. The van der Waals surface area contributed by atoms with Crippen molar-refractivity contribution in [1.82, 2.24) is 0 Å². The molecule has 0 nitrogen and oxygen atoms in total. The third-order valence-electron chi connectivity index (χ3n) is 2.46. The average molecular weight is 187 g/mol. The van der Waals surface area contributed by atoms with E-state index in [4.69, 9.17) is 6.58 Å². The van der Waals surface area contributed by atoms with Crippen LogP contribution in [0.4, 0.5) is 0 Å². The van der Waals surface area contributed by atoms with Gasteiger partial charge in [-0.2, -0.15) is 0 Å². The molecule has 1 aromatic carbocycles. The van der Waals surface area contributed by atoms with Gasteiger partial charge in [-0.25, -0.2) is 0 Å². The molecular weight excluding hydrogens is 168 g/mol. The van der Waals surface area contributed by atoms with Gasteiger partial charge in [0, 0.05) is 0 Å². The molecule has 0 heterocycles. The van der Waals surface area contributed by atoms with Crippen LogP contribution >= 0.6 is 0 Å². The predicted octanol–water partition coefficient (Wildman–Crippen LogP) is 4.09. The Morgan fingerprint density at radius 2 is 1.79 bits per heavy atom. The van der Waals surface area contributed by atoms with Crippen LogP contribution in [0.15, 0.2) is 30.3 Å². The van der Waals surface area contributed by atoms with E-state index in [1.165, 1.54) is 36.8 Å². The summed E-state index contributed by atoms with van der Waals surface area (Å²) in [6.45, 7) is 7.44. The Labute approximate surface area is 87.7 Å². The lowest BCUT2D eigenvalue weighted by molar-refractivity contribution is 0.687. The van der Waals surface area contributed by atoms with E-state index in [2.05, 4.69) is 31.2 Å². The van der Waals surface area contributed by atoms with E-state index in [0.717, 1.165) is 6.42 Å². The van der Waals surface area contributed by atoms with Gasteiger partial charge in [0.2, 0.25) is 0 Å². The van der Waals surface area contributed by atoms with Gasteiger partial charge in [0.1, 0.15) is 0 Å². The highest BCUT2D eigenvalue weighted by molar-refractivity contribution is 5.21. The second-order valence-electron chi connectivity index (χ2n) is 3.82. The number of hydrogen-bond donors (Lipinski definition) is 0. The highest BCUT2D eigenvalue weighted by atomic mass is 14.0. The van der Waals surface area contributed by atoms with E-state index in [0.29, 0.717) is 0 Å². The molecule has 0 aliphatic carbocycles. The first-order valence-corrected chi connectivity index (χ1v) is 5.42. The molecule has 0 N–H and O–H groups in total. The molecule has 0 heteroatoms. The molecule has 0 spiro atoms. The predicted molar refractivity (Wildman–Crippen MR) is 62.2 cm³/mol. The van der Waals surface area contributed by atoms with E-state index in [1.807, 2.05) is 0 Å². The van der Waals surface area contributed by atoms with Crippen molar-refractivity contribution < 1.29 is 0 Å². The van der Waals surface area contributed by atoms with Crippen LogP contribution in [0.2, 0.25) is 0 Å². The highest BCUT2D eigenvalue weighted by Crippen LogP contribution is 2.09. The summed E-state index contributed by atoms with van der Waals surface area (Å²) in [7, 11) is 0. The van der Waals surface area contributed by atoms with Crippen LogP contribution < -0.4 is 0 Å². The number of unbranched alkanes of at least 4 members (excludes halogenated alkanes) is 3. The van der Waals surface area contributed by atoms with Gasteiger partial charge in [0.05, 0.1) is 0 Å². The molecule has 0 saturated carbocycles. The molecule has 1 aromatic rings. The summed E-state index contributed by atoms with van der Waals surface area (Å²) in [6.07, 6.45) is 7.78. The molecule has 1 radical (unpaired) electrons. The number of benzene rings is 1. The van der Waals surface area contributed by atoms with Gasteiger partial charge in [0.25, 0.3) is 0 Å². The fraction of sp³-hybridized carbons (Fsp3) is 0.429. The van der Waals surface area contributed by atoms with Crippen LogP contribution in [0.3, 0.4) is 0 Å². The minimum absolute atomic E-state index is 1.05. The van der Waals surface area contributed by atoms with Gasteiger partial charge in [-0.1, -0.05) is 48.9 Å². The molecule has 75 valence electrons. The fourth-order valence-corrected chi connectivity index (χ4v) is 1.52. The molecule has 0 bridgehead atoms. The third kappa shape index (κ3) is 4.27. The summed E-state index contributed by atoms with van der Waals surface area (Å²) < 4.78 is 0. The molecule has 0 aromatic heterocycles. The standard InChI is InChI=1S/C14H19/c1-3-4-5-6-7-8-14-11-9-13(2)10-12-14/h1,3,9-12H,4-8H2,2H3. The molecule has 0 unspecified atom stereocenters. The Morgan fingerprint density at radius 1 is 1.07 bits per heavy atom. The monoisotopic (exact) mass is 187 g/mol. The minimum Gasteiger partial charge on any atom is -0.0845 e. The normalized spacial score (nSPS) is 10.1. The fourth-order valence-electron chi connectivity index (χ4n) is 1.52. The summed E-state index contributed by atoms with van der Waals surface area (Å²) in [6, 6.07) is 8.82. The van der Waals surface area contributed by atoms with Gasteiger partial charge < -0.3 is 0 Å². The minimum atomic E-state index is 1.05. The van der Waals surface area contributed by atoms with Crippen LogP contribution in [0.1, 0.15) is 36.8 Å². The van der Waals surface area contributed by atoms with Gasteiger partial charge in [-0.15, -0.1) is 0 Å². The highest BCUT2D eigenvalue weighted by Gasteiger charge is 1.92. The SMILES string of the molecule is [CH]=CCCCCCc1ccc(C)cc1. The van der Waals surface area contributed by atoms with Gasteiger partial charge >= 0.3 is 0 Å². The van der Waals surface area contributed by atoms with Crippen molar-refractivity contribution in [3.05, 3.63) is 48.0 Å². The molecule has 0 aliphatic heterocycles. The van der Waals surface area contributed by atoms with Crippen molar-refractivity contribution in [2.75, 3.05) is 0 Å². The van der Waals surface area contributed by atoms with E-state index in [-0.39, 0.29) is 0 Å². The number of allylic oxidation sites excluding steroid dienone is 1. The lowest BCUT2D eigenvalue weighted by Crippen LogP contribution is -1.85. The van der Waals surface area contributed by atoms with E-state index < -0.39 is 0 Å². The maximum absolute atomic E-state index is 5.31. The van der Waals surface area contributed by atoms with Crippen LogP contribution in [0, 0.1) is 13.5 Å². The van der Waals surface area contributed by atoms with Crippen LogP contribution in [-0.4, -0.2) is 0 Å². The molecule has 0 aliphatic rings. The molecular formula is C14H19. The first kappa shape index (κ1) is 11.0. The summed E-state index contributed by atoms with van der Waals surface area (Å²) in [5.41, 5.74) is 2.79. The molecule has 0 saturated heterocycles. The zero-order valence-electron chi connectivity index (χ0n) is 9.00. The van der Waals surface area contributed by atoms with Crippen molar-refractivity contribution in [2.45, 2.75) is 39.0 Å². The van der Waals surface area contributed by atoms with Crippen molar-refractivity contribution in [1.29, 1.82) is 0 Å². The smallest absolute Gasteiger partial charge is 0.0279 e. The van der Waals surface area contributed by atoms with Gasteiger partial charge in [0.15, 0.2) is 0 Å². The first-order valence-electron chi connectivity index (χ1n) is 5.42. The van der Waals surface area contributed by atoms with Crippen LogP contribution in [0.25, 0.3) is 0 Å². The average Bonchev–Trinajstić information content (AvgIpc) is 2.21. The first-order chi connectivity index (χ1) is 6.83. The number of hydrogen-bond acceptors (Lipinski definition) is 0. The largest absolute Gasteiger partial charge is 0.0845 e. The Kier molecular flexibility index (Phi) is 5.06. The zero-order valence-corrected chi connectivity index (χ0v) is 9.00. The Balaban J connectivity index is 2.18. The Morgan fingerprint density at radius 3 is 2.43 bits per heavy atom. The lowest BCUT2D eigenvalue weighted by Gasteiger charge is -2.01. The van der Waals surface area contributed by atoms with Gasteiger partial charge in [-0.3, -0.25) is 0 Å². The summed E-state index contributed by atoms with van der Waals surface area (Å²) in [4.78, 5) is 0. The van der Waals surface area contributed by atoms with Crippen LogP contribution in [-0.2, 0) is 6.42 Å². The molecule has 0 atom stereocenters. The van der Waals surface area contributed by atoms with Crippen molar-refractivity contribution >= 4 is 0 Å². The topological polar surface area (TPSA) is 0 Å². The summed E-state index contributed by atoms with van der Waals surface area (Å²) in [5, 5.41) is 0. The molecule has 0 fully saturated rings. The van der Waals surface area contributed by atoms with Crippen LogP contribution in [0.5, 0.6) is 0 Å². The maximum atomic E-state index is 5.31. The second-order valence-corrected chi connectivity index (χ2v) is 3.82. The van der Waals surface area contributed by atoms with E-state index in [1.54, 1.807) is 6.08 Å². The van der Waals surface area contributed by atoms with E-state index in [9.17, 15) is 0 Å². The maximum Gasteiger partial charge on any atom is -0.0279 e. The third-order valence-corrected chi connectivity index (χ3v) is 2.46. The van der Waals surface area contributed by atoms with Crippen molar-refractivity contribution in [2.24, 2.45) is 0 Å². The molecule has 1 rings (SSSR count). The summed E-state index contributed by atoms with van der Waals surface area (Å²) >= 11 is 0. The van der Waals surface area contributed by atoms with Crippen molar-refractivity contribution in [3.63, 3.8) is 0 Å². The lowest BCUT2D eigenvalue weighted by atomic mass is 10.1. The van der Waals surface area contributed by atoms with E-state index >= 15 is 0 Å².